The van der Waals surface area contributed by atoms with Gasteiger partial charge in [-0.1, -0.05) is 29.5 Å². The summed E-state index contributed by atoms with van der Waals surface area (Å²) in [6.45, 7) is 0.841. The maximum atomic E-state index is 13.5. The summed E-state index contributed by atoms with van der Waals surface area (Å²) in [5.41, 5.74) is 1.85. The number of aromatic nitrogens is 3. The number of halogens is 1. The van der Waals surface area contributed by atoms with Crippen LogP contribution in [0.25, 0.3) is 11.0 Å². The molecule has 0 saturated carbocycles. The summed E-state index contributed by atoms with van der Waals surface area (Å²) in [6.07, 6.45) is 0. The molecule has 0 aliphatic carbocycles. The highest BCUT2D eigenvalue weighted by Gasteiger charge is 2.31. The van der Waals surface area contributed by atoms with Crippen molar-refractivity contribution >= 4 is 22.8 Å². The van der Waals surface area contributed by atoms with Crippen molar-refractivity contribution in [1.29, 1.82) is 0 Å². The molecule has 3 aromatic rings. The van der Waals surface area contributed by atoms with Crippen LogP contribution in [0.1, 0.15) is 11.6 Å². The highest BCUT2D eigenvalue weighted by atomic mass is 19.1. The fourth-order valence-electron chi connectivity index (χ4n) is 3.33. The highest BCUT2D eigenvalue weighted by Crippen LogP contribution is 2.23. The molecule has 2 aromatic carbocycles. The molecule has 0 saturated heterocycles. The molecule has 3 rings (SSSR count). The van der Waals surface area contributed by atoms with E-state index in [1.165, 1.54) is 48.1 Å². The molecule has 0 spiro atoms. The van der Waals surface area contributed by atoms with Crippen molar-refractivity contribution in [2.45, 2.75) is 12.6 Å². The SMILES string of the molecule is COCCNC(=O)C(c1ccc(F)cc1)N(CCOC)C(=O)Cn1nnc2ccccc21. The molecule has 1 aromatic heterocycles. The number of ether oxygens (including phenoxy) is 2. The number of hydrogen-bond acceptors (Lipinski definition) is 6. The van der Waals surface area contributed by atoms with Gasteiger partial charge in [0.15, 0.2) is 0 Å². The van der Waals surface area contributed by atoms with Crippen molar-refractivity contribution in [3.05, 3.63) is 59.9 Å². The third-order valence-electron chi connectivity index (χ3n) is 4.91. The number of amides is 2. The fraction of sp³-hybridized carbons (Fsp3) is 0.364. The standard InChI is InChI=1S/C22H26FN5O4/c1-31-13-11-24-22(30)21(16-7-9-17(23)10-8-16)27(12-14-32-2)20(29)15-28-19-6-4-3-5-18(19)25-26-28/h3-10,21H,11-15H2,1-2H3,(H,24,30). The lowest BCUT2D eigenvalue weighted by molar-refractivity contribution is -0.142. The van der Waals surface area contributed by atoms with Gasteiger partial charge >= 0.3 is 0 Å². The van der Waals surface area contributed by atoms with Gasteiger partial charge in [-0.3, -0.25) is 9.59 Å². The molecule has 9 nitrogen and oxygen atoms in total. The van der Waals surface area contributed by atoms with E-state index in [0.29, 0.717) is 23.2 Å². The van der Waals surface area contributed by atoms with E-state index in [2.05, 4.69) is 15.6 Å². The van der Waals surface area contributed by atoms with Crippen LogP contribution >= 0.6 is 0 Å². The Morgan fingerprint density at radius 2 is 1.81 bits per heavy atom. The van der Waals surface area contributed by atoms with E-state index >= 15 is 0 Å². The zero-order valence-electron chi connectivity index (χ0n) is 18.0. The normalized spacial score (nSPS) is 12.0. The monoisotopic (exact) mass is 443 g/mol. The van der Waals surface area contributed by atoms with E-state index in [0.717, 1.165) is 0 Å². The number of carbonyl (C=O) groups excluding carboxylic acids is 2. The summed E-state index contributed by atoms with van der Waals surface area (Å²) in [7, 11) is 3.04. The van der Waals surface area contributed by atoms with Crippen LogP contribution in [0.5, 0.6) is 0 Å². The Labute approximate surface area is 185 Å². The predicted molar refractivity (Wildman–Crippen MR) is 115 cm³/mol. The summed E-state index contributed by atoms with van der Waals surface area (Å²) >= 11 is 0. The summed E-state index contributed by atoms with van der Waals surface area (Å²) in [4.78, 5) is 27.9. The Balaban J connectivity index is 1.92. The number of nitrogens with one attached hydrogen (secondary N) is 1. The number of hydrogen-bond donors (Lipinski definition) is 1. The Bertz CT molecular complexity index is 1040. The quantitative estimate of drug-likeness (QED) is 0.452. The molecular weight excluding hydrogens is 417 g/mol. The summed E-state index contributed by atoms with van der Waals surface area (Å²) in [5.74, 6) is -1.19. The van der Waals surface area contributed by atoms with Gasteiger partial charge < -0.3 is 19.7 Å². The zero-order chi connectivity index (χ0) is 22.9. The Morgan fingerprint density at radius 1 is 1.09 bits per heavy atom. The van der Waals surface area contributed by atoms with E-state index in [1.807, 2.05) is 18.2 Å². The van der Waals surface area contributed by atoms with E-state index < -0.39 is 17.8 Å². The molecule has 32 heavy (non-hydrogen) atoms. The third-order valence-corrected chi connectivity index (χ3v) is 4.91. The van der Waals surface area contributed by atoms with Gasteiger partial charge in [0.1, 0.15) is 23.9 Å². The van der Waals surface area contributed by atoms with Crippen molar-refractivity contribution in [3.63, 3.8) is 0 Å². The lowest BCUT2D eigenvalue weighted by Gasteiger charge is -2.31. The molecule has 1 heterocycles. The topological polar surface area (TPSA) is 98.6 Å². The molecule has 2 amide bonds. The lowest BCUT2D eigenvalue weighted by atomic mass is 10.0. The number of fused-ring (bicyclic) bond motifs is 1. The predicted octanol–water partition coefficient (Wildman–Crippen LogP) is 1.55. The Hall–Kier alpha value is -3.37. The van der Waals surface area contributed by atoms with Crippen LogP contribution in [0, 0.1) is 5.82 Å². The van der Waals surface area contributed by atoms with E-state index in [4.69, 9.17) is 9.47 Å². The average molecular weight is 443 g/mol. The summed E-state index contributed by atoms with van der Waals surface area (Å²) in [6, 6.07) is 11.8. The second kappa shape index (κ2) is 11.3. The number of methoxy groups -OCH3 is 2. The number of rotatable bonds is 11. The third kappa shape index (κ3) is 5.65. The van der Waals surface area contributed by atoms with Gasteiger partial charge in [-0.25, -0.2) is 9.07 Å². The average Bonchev–Trinajstić information content (AvgIpc) is 3.20. The minimum absolute atomic E-state index is 0.118. The Kier molecular flexibility index (Phi) is 8.23. The van der Waals surface area contributed by atoms with Gasteiger partial charge in [0.05, 0.1) is 18.7 Å². The van der Waals surface area contributed by atoms with E-state index in [1.54, 1.807) is 6.07 Å². The maximum Gasteiger partial charge on any atom is 0.247 e. The molecule has 0 aliphatic heterocycles. The van der Waals surface area contributed by atoms with Gasteiger partial charge in [0.25, 0.3) is 0 Å². The van der Waals surface area contributed by atoms with Crippen LogP contribution in [0.3, 0.4) is 0 Å². The number of carbonyl (C=O) groups is 2. The molecule has 1 unspecified atom stereocenters. The maximum absolute atomic E-state index is 13.5. The number of nitrogens with zero attached hydrogens (tertiary/aromatic N) is 4. The van der Waals surface area contributed by atoms with Gasteiger partial charge in [-0.15, -0.1) is 5.10 Å². The molecule has 0 radical (unpaired) electrons. The second-order valence-corrected chi connectivity index (χ2v) is 7.05. The summed E-state index contributed by atoms with van der Waals surface area (Å²) < 4.78 is 25.2. The van der Waals surface area contributed by atoms with Crippen LogP contribution in [-0.4, -0.2) is 72.2 Å². The van der Waals surface area contributed by atoms with Crippen LogP contribution < -0.4 is 5.32 Å². The molecule has 0 fully saturated rings. The Morgan fingerprint density at radius 3 is 2.53 bits per heavy atom. The summed E-state index contributed by atoms with van der Waals surface area (Å²) in [5, 5.41) is 10.9. The van der Waals surface area contributed by atoms with Gasteiger partial charge in [-0.2, -0.15) is 0 Å². The van der Waals surface area contributed by atoms with Crippen LogP contribution in [0.15, 0.2) is 48.5 Å². The molecule has 1 atom stereocenters. The van der Waals surface area contributed by atoms with E-state index in [9.17, 15) is 14.0 Å². The van der Waals surface area contributed by atoms with Crippen molar-refractivity contribution in [2.75, 3.05) is 40.5 Å². The molecule has 0 bridgehead atoms. The molecular formula is C22H26FN5O4. The van der Waals surface area contributed by atoms with Gasteiger partial charge in [0, 0.05) is 27.3 Å². The van der Waals surface area contributed by atoms with Crippen molar-refractivity contribution in [3.8, 4) is 0 Å². The van der Waals surface area contributed by atoms with Gasteiger partial charge in [-0.05, 0) is 29.8 Å². The first-order chi connectivity index (χ1) is 15.5. The second-order valence-electron chi connectivity index (χ2n) is 7.05. The number of para-hydroxylation sites is 1. The first-order valence-corrected chi connectivity index (χ1v) is 10.1. The van der Waals surface area contributed by atoms with Crippen molar-refractivity contribution < 1.29 is 23.5 Å². The largest absolute Gasteiger partial charge is 0.383 e. The minimum Gasteiger partial charge on any atom is -0.383 e. The van der Waals surface area contributed by atoms with Crippen LogP contribution in [-0.2, 0) is 25.6 Å². The first-order valence-electron chi connectivity index (χ1n) is 10.1. The lowest BCUT2D eigenvalue weighted by Crippen LogP contribution is -2.46. The molecule has 10 heteroatoms. The highest BCUT2D eigenvalue weighted by molar-refractivity contribution is 5.89. The van der Waals surface area contributed by atoms with Crippen molar-refractivity contribution in [2.24, 2.45) is 0 Å². The fourth-order valence-corrected chi connectivity index (χ4v) is 3.33. The molecule has 0 aliphatic rings. The van der Waals surface area contributed by atoms with Crippen LogP contribution in [0.2, 0.25) is 0 Å². The molecule has 1 N–H and O–H groups in total. The minimum atomic E-state index is -0.982. The van der Waals surface area contributed by atoms with Gasteiger partial charge in [0.2, 0.25) is 11.8 Å². The first kappa shape index (κ1) is 23.3. The zero-order valence-corrected chi connectivity index (χ0v) is 18.0. The van der Waals surface area contributed by atoms with Crippen LogP contribution in [0.4, 0.5) is 4.39 Å². The smallest absolute Gasteiger partial charge is 0.247 e. The number of benzene rings is 2. The van der Waals surface area contributed by atoms with Crippen molar-refractivity contribution in [1.82, 2.24) is 25.2 Å². The van der Waals surface area contributed by atoms with E-state index in [-0.39, 0.29) is 32.1 Å². The molecule has 170 valence electrons.